The average molecular weight is 244 g/mol. The van der Waals surface area contributed by atoms with E-state index in [2.05, 4.69) is 31.2 Å². The van der Waals surface area contributed by atoms with Crippen molar-refractivity contribution in [3.8, 4) is 0 Å². The molecule has 5 heteroatoms. The summed E-state index contributed by atoms with van der Waals surface area (Å²) in [6.07, 6.45) is 4.37. The topological polar surface area (TPSA) is 54.9 Å². The van der Waals surface area contributed by atoms with Crippen LogP contribution in [-0.4, -0.2) is 27.2 Å². The fourth-order valence-corrected chi connectivity index (χ4v) is 0.924. The number of carbonyl (C=O) groups excluding carboxylic acids is 1. The standard InChI is InChI=1S/C8H10BrN3O/c1-6(2-9)12-8(13)7-3-10-5-11-4-7/h3-6H,2H2,1H3,(H,12,13). The zero-order valence-corrected chi connectivity index (χ0v) is 8.78. The average Bonchev–Trinajstić information content (AvgIpc) is 2.19. The van der Waals surface area contributed by atoms with Crippen molar-refractivity contribution in [3.05, 3.63) is 24.3 Å². The number of rotatable bonds is 3. The number of hydrogen-bond acceptors (Lipinski definition) is 3. The molecule has 1 rings (SSSR count). The first kappa shape index (κ1) is 10.1. The number of amides is 1. The second-order valence-corrected chi connectivity index (χ2v) is 3.30. The number of halogens is 1. The Balaban J connectivity index is 2.59. The van der Waals surface area contributed by atoms with Crippen LogP contribution in [0.15, 0.2) is 18.7 Å². The molecule has 1 aromatic rings. The van der Waals surface area contributed by atoms with E-state index in [1.54, 1.807) is 0 Å². The van der Waals surface area contributed by atoms with Crippen molar-refractivity contribution in [2.75, 3.05) is 5.33 Å². The molecule has 1 amide bonds. The van der Waals surface area contributed by atoms with Gasteiger partial charge in [-0.15, -0.1) is 0 Å². The van der Waals surface area contributed by atoms with Crippen LogP contribution in [0.1, 0.15) is 17.3 Å². The minimum Gasteiger partial charge on any atom is -0.349 e. The molecule has 1 aromatic heterocycles. The second-order valence-electron chi connectivity index (χ2n) is 2.66. The van der Waals surface area contributed by atoms with Gasteiger partial charge >= 0.3 is 0 Å². The summed E-state index contributed by atoms with van der Waals surface area (Å²) in [7, 11) is 0. The smallest absolute Gasteiger partial charge is 0.254 e. The molecule has 0 fully saturated rings. The third kappa shape index (κ3) is 3.10. The molecule has 0 spiro atoms. The van der Waals surface area contributed by atoms with Crippen LogP contribution in [0.4, 0.5) is 0 Å². The van der Waals surface area contributed by atoms with Crippen molar-refractivity contribution in [1.29, 1.82) is 0 Å². The third-order valence-electron chi connectivity index (χ3n) is 1.43. The maximum atomic E-state index is 11.4. The van der Waals surface area contributed by atoms with E-state index in [1.165, 1.54) is 18.7 Å². The highest BCUT2D eigenvalue weighted by Gasteiger charge is 2.08. The summed E-state index contributed by atoms with van der Waals surface area (Å²) in [6, 6.07) is 0.104. The van der Waals surface area contributed by atoms with Gasteiger partial charge in [0, 0.05) is 23.8 Å². The largest absolute Gasteiger partial charge is 0.349 e. The van der Waals surface area contributed by atoms with Gasteiger partial charge in [-0.05, 0) is 6.92 Å². The number of carbonyl (C=O) groups is 1. The minimum absolute atomic E-state index is 0.104. The zero-order chi connectivity index (χ0) is 9.68. The summed E-state index contributed by atoms with van der Waals surface area (Å²) in [6.45, 7) is 1.91. The molecule has 0 aliphatic heterocycles. The monoisotopic (exact) mass is 243 g/mol. The van der Waals surface area contributed by atoms with Gasteiger partial charge in [-0.3, -0.25) is 4.79 Å². The first-order chi connectivity index (χ1) is 6.24. The summed E-state index contributed by atoms with van der Waals surface area (Å²) >= 11 is 3.27. The Labute approximate surface area is 84.9 Å². The Morgan fingerprint density at radius 2 is 2.23 bits per heavy atom. The molecular weight excluding hydrogens is 234 g/mol. The molecule has 0 saturated carbocycles. The Morgan fingerprint density at radius 3 is 2.77 bits per heavy atom. The van der Waals surface area contributed by atoms with Gasteiger partial charge in [-0.2, -0.15) is 0 Å². The molecule has 1 unspecified atom stereocenters. The van der Waals surface area contributed by atoms with Gasteiger partial charge in [-0.25, -0.2) is 9.97 Å². The molecular formula is C8H10BrN3O. The van der Waals surface area contributed by atoms with Crippen LogP contribution in [0, 0.1) is 0 Å². The van der Waals surface area contributed by atoms with Gasteiger partial charge in [0.05, 0.1) is 5.56 Å². The van der Waals surface area contributed by atoms with E-state index < -0.39 is 0 Å². The molecule has 0 aromatic carbocycles. The van der Waals surface area contributed by atoms with Gasteiger partial charge in [0.2, 0.25) is 0 Å². The van der Waals surface area contributed by atoms with E-state index in [1.807, 2.05) is 6.92 Å². The lowest BCUT2D eigenvalue weighted by Crippen LogP contribution is -2.33. The number of nitrogens with zero attached hydrogens (tertiary/aromatic N) is 2. The van der Waals surface area contributed by atoms with E-state index in [0.717, 1.165) is 5.33 Å². The summed E-state index contributed by atoms with van der Waals surface area (Å²) in [5.74, 6) is -0.146. The Morgan fingerprint density at radius 1 is 1.62 bits per heavy atom. The maximum absolute atomic E-state index is 11.4. The number of hydrogen-bond donors (Lipinski definition) is 1. The molecule has 0 saturated heterocycles. The summed E-state index contributed by atoms with van der Waals surface area (Å²) < 4.78 is 0. The lowest BCUT2D eigenvalue weighted by molar-refractivity contribution is 0.0943. The van der Waals surface area contributed by atoms with Crippen molar-refractivity contribution in [2.45, 2.75) is 13.0 Å². The predicted molar refractivity (Wildman–Crippen MR) is 52.8 cm³/mol. The molecule has 0 bridgehead atoms. The molecule has 0 radical (unpaired) electrons. The molecule has 0 aliphatic carbocycles. The van der Waals surface area contributed by atoms with Crippen molar-refractivity contribution < 1.29 is 4.79 Å². The van der Waals surface area contributed by atoms with E-state index in [4.69, 9.17) is 0 Å². The van der Waals surface area contributed by atoms with Gasteiger partial charge in [0.1, 0.15) is 6.33 Å². The number of aromatic nitrogens is 2. The van der Waals surface area contributed by atoms with Gasteiger partial charge < -0.3 is 5.32 Å². The van der Waals surface area contributed by atoms with Crippen LogP contribution in [0.5, 0.6) is 0 Å². The number of alkyl halides is 1. The summed E-state index contributed by atoms with van der Waals surface area (Å²) in [5.41, 5.74) is 0.482. The predicted octanol–water partition coefficient (Wildman–Crippen LogP) is 0.990. The third-order valence-corrected chi connectivity index (χ3v) is 2.40. The quantitative estimate of drug-likeness (QED) is 0.806. The van der Waals surface area contributed by atoms with E-state index in [0.29, 0.717) is 5.56 Å². The fraction of sp³-hybridized carbons (Fsp3) is 0.375. The van der Waals surface area contributed by atoms with Crippen LogP contribution in [-0.2, 0) is 0 Å². The minimum atomic E-state index is -0.146. The first-order valence-electron chi connectivity index (χ1n) is 3.86. The number of nitrogens with one attached hydrogen (secondary N) is 1. The van der Waals surface area contributed by atoms with Gasteiger partial charge in [0.25, 0.3) is 5.91 Å². The second kappa shape index (κ2) is 4.91. The highest BCUT2D eigenvalue weighted by Crippen LogP contribution is 1.95. The zero-order valence-electron chi connectivity index (χ0n) is 7.20. The van der Waals surface area contributed by atoms with E-state index in [-0.39, 0.29) is 11.9 Å². The van der Waals surface area contributed by atoms with Crippen molar-refractivity contribution >= 4 is 21.8 Å². The maximum Gasteiger partial charge on any atom is 0.254 e. The SMILES string of the molecule is CC(CBr)NC(=O)c1cncnc1. The van der Waals surface area contributed by atoms with Crippen molar-refractivity contribution in [1.82, 2.24) is 15.3 Å². The van der Waals surface area contributed by atoms with Gasteiger partial charge in [0.15, 0.2) is 0 Å². The van der Waals surface area contributed by atoms with Crippen LogP contribution in [0.3, 0.4) is 0 Å². The lowest BCUT2D eigenvalue weighted by atomic mass is 10.3. The van der Waals surface area contributed by atoms with Crippen molar-refractivity contribution in [3.63, 3.8) is 0 Å². The molecule has 0 aliphatic rings. The van der Waals surface area contributed by atoms with Crippen LogP contribution in [0.2, 0.25) is 0 Å². The molecule has 1 atom stereocenters. The first-order valence-corrected chi connectivity index (χ1v) is 4.98. The van der Waals surface area contributed by atoms with E-state index >= 15 is 0 Å². The highest BCUT2D eigenvalue weighted by molar-refractivity contribution is 9.09. The Hall–Kier alpha value is -0.970. The molecule has 13 heavy (non-hydrogen) atoms. The molecule has 1 heterocycles. The Kier molecular flexibility index (Phi) is 3.82. The molecule has 4 nitrogen and oxygen atoms in total. The molecule has 70 valence electrons. The lowest BCUT2D eigenvalue weighted by Gasteiger charge is -2.09. The molecule has 1 N–H and O–H groups in total. The van der Waals surface area contributed by atoms with Gasteiger partial charge in [-0.1, -0.05) is 15.9 Å². The van der Waals surface area contributed by atoms with E-state index in [9.17, 15) is 4.79 Å². The normalized spacial score (nSPS) is 12.2. The highest BCUT2D eigenvalue weighted by atomic mass is 79.9. The van der Waals surface area contributed by atoms with Crippen LogP contribution in [0.25, 0.3) is 0 Å². The van der Waals surface area contributed by atoms with Crippen LogP contribution < -0.4 is 5.32 Å². The fourth-order valence-electron chi connectivity index (χ4n) is 0.762. The Bertz CT molecular complexity index is 278. The van der Waals surface area contributed by atoms with Crippen LogP contribution >= 0.6 is 15.9 Å². The summed E-state index contributed by atoms with van der Waals surface area (Å²) in [5, 5.41) is 3.51. The summed E-state index contributed by atoms with van der Waals surface area (Å²) in [4.78, 5) is 18.9. The van der Waals surface area contributed by atoms with Crippen molar-refractivity contribution in [2.24, 2.45) is 0 Å².